The Morgan fingerprint density at radius 2 is 1.82 bits per heavy atom. The molecule has 0 bridgehead atoms. The molecule has 2 saturated carbocycles. The Morgan fingerprint density at radius 1 is 1.06 bits per heavy atom. The van der Waals surface area contributed by atoms with Crippen molar-refractivity contribution in [3.63, 3.8) is 0 Å². The van der Waals surface area contributed by atoms with E-state index in [9.17, 15) is 0 Å². The van der Waals surface area contributed by atoms with Crippen LogP contribution in [-0.2, 0) is 0 Å². The van der Waals surface area contributed by atoms with Crippen molar-refractivity contribution in [3.05, 3.63) is 87.8 Å². The topological polar surface area (TPSA) is 24.4 Å². The van der Waals surface area contributed by atoms with E-state index in [2.05, 4.69) is 81.6 Å². The summed E-state index contributed by atoms with van der Waals surface area (Å²) in [5.74, 6) is 0.989. The maximum atomic E-state index is 4.90. The zero-order valence-electron chi connectivity index (χ0n) is 21.7. The molecule has 0 radical (unpaired) electrons. The van der Waals surface area contributed by atoms with Crippen LogP contribution in [0.2, 0.25) is 0 Å². The zero-order valence-corrected chi connectivity index (χ0v) is 21.7. The van der Waals surface area contributed by atoms with Gasteiger partial charge in [0.2, 0.25) is 0 Å². The second-order valence-electron chi connectivity index (χ2n) is 10.2. The first kappa shape index (κ1) is 24.5. The fraction of sp³-hybridized carbons (Fsp3) is 0.469. The predicted octanol–water partition coefficient (Wildman–Crippen LogP) is 9.25. The SMILES string of the molecule is C/C=C(\N=CCC)C(c1cccc(NC(CC2CCCC2)=C2CCC2)c1)c1cccc(C)c1C. The van der Waals surface area contributed by atoms with Crippen molar-refractivity contribution in [2.24, 2.45) is 10.9 Å². The molecule has 2 aromatic rings. The van der Waals surface area contributed by atoms with E-state index in [1.165, 1.54) is 85.0 Å². The number of aliphatic imine (C=N–C) groups is 1. The van der Waals surface area contributed by atoms with Gasteiger partial charge >= 0.3 is 0 Å². The summed E-state index contributed by atoms with van der Waals surface area (Å²) in [5.41, 5.74) is 10.8. The lowest BCUT2D eigenvalue weighted by Gasteiger charge is -2.26. The van der Waals surface area contributed by atoms with Crippen molar-refractivity contribution >= 4 is 11.9 Å². The number of aryl methyl sites for hydroxylation is 1. The van der Waals surface area contributed by atoms with Gasteiger partial charge in [-0.3, -0.25) is 4.99 Å². The number of hydrogen-bond acceptors (Lipinski definition) is 2. The molecule has 2 aromatic carbocycles. The molecule has 34 heavy (non-hydrogen) atoms. The molecule has 1 atom stereocenters. The van der Waals surface area contributed by atoms with Crippen LogP contribution in [0.5, 0.6) is 0 Å². The summed E-state index contributed by atoms with van der Waals surface area (Å²) >= 11 is 0. The van der Waals surface area contributed by atoms with Gasteiger partial charge in [0.15, 0.2) is 0 Å². The average Bonchev–Trinajstić information content (AvgIpc) is 3.31. The first-order valence-corrected chi connectivity index (χ1v) is 13.4. The summed E-state index contributed by atoms with van der Waals surface area (Å²) in [7, 11) is 0. The van der Waals surface area contributed by atoms with E-state index in [0.29, 0.717) is 0 Å². The highest BCUT2D eigenvalue weighted by molar-refractivity contribution is 5.61. The fourth-order valence-corrected chi connectivity index (χ4v) is 5.52. The van der Waals surface area contributed by atoms with Crippen molar-refractivity contribution in [1.29, 1.82) is 0 Å². The lowest BCUT2D eigenvalue weighted by molar-refractivity contribution is 0.530. The summed E-state index contributed by atoms with van der Waals surface area (Å²) in [6.45, 7) is 8.72. The molecule has 2 aliphatic rings. The Morgan fingerprint density at radius 3 is 2.50 bits per heavy atom. The van der Waals surface area contributed by atoms with E-state index < -0.39 is 0 Å². The molecule has 0 heterocycles. The zero-order chi connectivity index (χ0) is 23.9. The van der Waals surface area contributed by atoms with Gasteiger partial charge in [-0.15, -0.1) is 0 Å². The van der Waals surface area contributed by atoms with E-state index in [-0.39, 0.29) is 5.92 Å². The molecule has 2 fully saturated rings. The van der Waals surface area contributed by atoms with E-state index in [1.54, 1.807) is 5.57 Å². The number of nitrogens with one attached hydrogen (secondary N) is 1. The number of anilines is 1. The molecule has 2 nitrogen and oxygen atoms in total. The summed E-state index contributed by atoms with van der Waals surface area (Å²) in [6, 6.07) is 15.8. The molecule has 0 spiro atoms. The normalized spacial score (nSPS) is 17.8. The Hall–Kier alpha value is -2.61. The van der Waals surface area contributed by atoms with Crippen LogP contribution in [-0.4, -0.2) is 6.21 Å². The van der Waals surface area contributed by atoms with Crippen LogP contribution < -0.4 is 5.32 Å². The molecule has 0 amide bonds. The van der Waals surface area contributed by atoms with E-state index >= 15 is 0 Å². The number of benzene rings is 2. The van der Waals surface area contributed by atoms with Gasteiger partial charge in [0.1, 0.15) is 0 Å². The van der Waals surface area contributed by atoms with Gasteiger partial charge in [0.25, 0.3) is 0 Å². The third-order valence-electron chi connectivity index (χ3n) is 7.84. The molecule has 4 rings (SSSR count). The van der Waals surface area contributed by atoms with Crippen molar-refractivity contribution in [2.75, 3.05) is 5.32 Å². The monoisotopic (exact) mass is 454 g/mol. The van der Waals surface area contributed by atoms with Crippen LogP contribution in [0.4, 0.5) is 5.69 Å². The van der Waals surface area contributed by atoms with Crippen LogP contribution in [0.15, 0.2) is 70.5 Å². The highest BCUT2D eigenvalue weighted by Crippen LogP contribution is 2.39. The minimum absolute atomic E-state index is 0.129. The fourth-order valence-electron chi connectivity index (χ4n) is 5.52. The van der Waals surface area contributed by atoms with Crippen LogP contribution in [0.1, 0.15) is 99.8 Å². The largest absolute Gasteiger partial charge is 0.359 e. The third kappa shape index (κ3) is 5.71. The average molecular weight is 455 g/mol. The van der Waals surface area contributed by atoms with Crippen molar-refractivity contribution in [2.45, 2.75) is 91.4 Å². The predicted molar refractivity (Wildman–Crippen MR) is 148 cm³/mol. The van der Waals surface area contributed by atoms with Gasteiger partial charge in [-0.2, -0.15) is 0 Å². The van der Waals surface area contributed by atoms with Gasteiger partial charge < -0.3 is 5.32 Å². The minimum atomic E-state index is 0.129. The second-order valence-corrected chi connectivity index (χ2v) is 10.2. The van der Waals surface area contributed by atoms with Gasteiger partial charge in [-0.25, -0.2) is 0 Å². The smallest absolute Gasteiger partial charge is 0.0512 e. The molecule has 1 N–H and O–H groups in total. The molecule has 1 unspecified atom stereocenters. The highest BCUT2D eigenvalue weighted by atomic mass is 14.9. The maximum Gasteiger partial charge on any atom is 0.0512 e. The molecule has 180 valence electrons. The first-order valence-electron chi connectivity index (χ1n) is 13.4. The molecule has 0 saturated heterocycles. The molecule has 2 heteroatoms. The van der Waals surface area contributed by atoms with Crippen LogP contribution in [0, 0.1) is 19.8 Å². The Kier molecular flexibility index (Phi) is 8.43. The summed E-state index contributed by atoms with van der Waals surface area (Å²) < 4.78 is 0. The van der Waals surface area contributed by atoms with Crippen molar-refractivity contribution in [3.8, 4) is 0 Å². The molecular weight excluding hydrogens is 412 g/mol. The maximum absolute atomic E-state index is 4.90. The summed E-state index contributed by atoms with van der Waals surface area (Å²) in [5, 5.41) is 3.90. The van der Waals surface area contributed by atoms with Crippen molar-refractivity contribution < 1.29 is 0 Å². The standard InChI is InChI=1S/C32H42N2/c1-5-20-33-30(6-2)32(29-19-9-12-23(3)24(29)4)27-17-11-18-28(22-27)34-31(26-15-10-16-26)21-25-13-7-8-14-25/h6,9,11-12,17-20,22,25,32,34H,5,7-8,10,13-16,21H2,1-4H3/b30-6-,33-20?. The summed E-state index contributed by atoms with van der Waals surface area (Å²) in [6.07, 6.45) is 15.9. The Labute approximate surface area is 207 Å². The van der Waals surface area contributed by atoms with E-state index in [4.69, 9.17) is 4.99 Å². The Bertz CT molecular complexity index is 1060. The lowest BCUT2D eigenvalue weighted by Crippen LogP contribution is -2.13. The Balaban J connectivity index is 1.69. The van der Waals surface area contributed by atoms with Crippen LogP contribution in [0.25, 0.3) is 0 Å². The first-order chi connectivity index (χ1) is 16.6. The number of nitrogens with zero attached hydrogens (tertiary/aromatic N) is 1. The van der Waals surface area contributed by atoms with Gasteiger partial charge in [0.05, 0.1) is 5.92 Å². The molecule has 0 aliphatic heterocycles. The van der Waals surface area contributed by atoms with Gasteiger partial charge in [-0.1, -0.05) is 74.6 Å². The van der Waals surface area contributed by atoms with Crippen LogP contribution in [0.3, 0.4) is 0 Å². The van der Waals surface area contributed by atoms with E-state index in [1.807, 2.05) is 6.21 Å². The second kappa shape index (κ2) is 11.7. The van der Waals surface area contributed by atoms with Gasteiger partial charge in [-0.05, 0) is 93.2 Å². The molecular formula is C32H42N2. The minimum Gasteiger partial charge on any atom is -0.359 e. The van der Waals surface area contributed by atoms with Crippen LogP contribution >= 0.6 is 0 Å². The van der Waals surface area contributed by atoms with Crippen molar-refractivity contribution in [1.82, 2.24) is 0 Å². The van der Waals surface area contributed by atoms with Gasteiger partial charge in [0, 0.05) is 23.3 Å². The number of allylic oxidation sites excluding steroid dienone is 4. The quantitative estimate of drug-likeness (QED) is 0.375. The molecule has 2 aliphatic carbocycles. The van der Waals surface area contributed by atoms with E-state index in [0.717, 1.165) is 18.0 Å². The number of rotatable bonds is 9. The summed E-state index contributed by atoms with van der Waals surface area (Å²) in [4.78, 5) is 4.90. The highest BCUT2D eigenvalue weighted by Gasteiger charge is 2.23. The number of hydrogen-bond donors (Lipinski definition) is 1. The molecule has 0 aromatic heterocycles. The lowest BCUT2D eigenvalue weighted by atomic mass is 9.84. The third-order valence-corrected chi connectivity index (χ3v) is 7.84.